The molecule has 0 unspecified atom stereocenters. The highest BCUT2D eigenvalue weighted by atomic mass is 35.5. The van der Waals surface area contributed by atoms with Crippen molar-refractivity contribution < 1.29 is 14.4 Å². The molecule has 170 valence electrons. The van der Waals surface area contributed by atoms with E-state index < -0.39 is 0 Å². The van der Waals surface area contributed by atoms with Crippen LogP contribution in [0.25, 0.3) is 0 Å². The Morgan fingerprint density at radius 2 is 2.09 bits per heavy atom. The fourth-order valence-electron chi connectivity index (χ4n) is 3.70. The molecular weight excluding hydrogens is 432 g/mol. The van der Waals surface area contributed by atoms with Gasteiger partial charge in [-0.1, -0.05) is 36.7 Å². The molecule has 2 amide bonds. The third kappa shape index (κ3) is 5.74. The van der Waals surface area contributed by atoms with Gasteiger partial charge in [0.2, 0.25) is 17.8 Å². The van der Waals surface area contributed by atoms with Crippen LogP contribution in [-0.4, -0.2) is 42.0 Å². The molecule has 9 nitrogen and oxygen atoms in total. The van der Waals surface area contributed by atoms with Gasteiger partial charge in [0, 0.05) is 19.0 Å². The number of amides is 2. The van der Waals surface area contributed by atoms with Crippen molar-refractivity contribution in [1.82, 2.24) is 15.4 Å². The van der Waals surface area contributed by atoms with Crippen LogP contribution >= 0.6 is 11.6 Å². The molecule has 3 rings (SSSR count). The Morgan fingerprint density at radius 3 is 2.84 bits per heavy atom. The quantitative estimate of drug-likeness (QED) is 0.409. The van der Waals surface area contributed by atoms with Gasteiger partial charge in [-0.2, -0.15) is 4.98 Å². The molecule has 0 radical (unpaired) electrons. The van der Waals surface area contributed by atoms with E-state index in [1.165, 1.54) is 24.3 Å². The summed E-state index contributed by atoms with van der Waals surface area (Å²) in [5.41, 5.74) is 3.72. The van der Waals surface area contributed by atoms with Crippen molar-refractivity contribution in [3.63, 3.8) is 0 Å². The Bertz CT molecular complexity index is 986. The molecule has 32 heavy (non-hydrogen) atoms. The van der Waals surface area contributed by atoms with E-state index in [2.05, 4.69) is 32.7 Å². The third-order valence-corrected chi connectivity index (χ3v) is 5.63. The molecule has 1 aromatic heterocycles. The molecule has 1 fully saturated rings. The summed E-state index contributed by atoms with van der Waals surface area (Å²) in [6.45, 7) is 3.53. The molecule has 0 bridgehead atoms. The van der Waals surface area contributed by atoms with Crippen molar-refractivity contribution in [2.24, 2.45) is 5.92 Å². The first kappa shape index (κ1) is 23.5. The highest BCUT2D eigenvalue weighted by molar-refractivity contribution is 6.33. The van der Waals surface area contributed by atoms with Crippen molar-refractivity contribution in [3.05, 3.63) is 48.1 Å². The maximum atomic E-state index is 12.1. The van der Waals surface area contributed by atoms with Crippen molar-refractivity contribution in [1.29, 1.82) is 0 Å². The number of para-hydroxylation sites is 2. The lowest BCUT2D eigenvalue weighted by molar-refractivity contribution is -0.136. The van der Waals surface area contributed by atoms with Gasteiger partial charge in [0.15, 0.2) is 5.82 Å². The van der Waals surface area contributed by atoms with Crippen LogP contribution in [0.3, 0.4) is 0 Å². The summed E-state index contributed by atoms with van der Waals surface area (Å²) in [6, 6.07) is 7.37. The highest BCUT2D eigenvalue weighted by Gasteiger charge is 2.28. The van der Waals surface area contributed by atoms with E-state index in [0.717, 1.165) is 19.3 Å². The van der Waals surface area contributed by atoms with E-state index in [0.29, 0.717) is 34.6 Å². The number of halogens is 1. The molecule has 1 aromatic carbocycles. The second-order valence-electron chi connectivity index (χ2n) is 7.51. The van der Waals surface area contributed by atoms with Gasteiger partial charge in [-0.25, -0.2) is 10.5 Å². The minimum Gasteiger partial charge on any atom is -0.351 e. The number of aromatic nitrogens is 2. The van der Waals surface area contributed by atoms with Crippen molar-refractivity contribution in [2.75, 3.05) is 29.7 Å². The molecule has 1 saturated carbocycles. The maximum absolute atomic E-state index is 12.1. The van der Waals surface area contributed by atoms with E-state index in [1.54, 1.807) is 7.05 Å². The summed E-state index contributed by atoms with van der Waals surface area (Å²) in [4.78, 5) is 39.2. The number of carbonyl (C=O) groups excluding carboxylic acids is 2. The van der Waals surface area contributed by atoms with Gasteiger partial charge in [-0.05, 0) is 37.5 Å². The van der Waals surface area contributed by atoms with Gasteiger partial charge in [-0.15, -0.1) is 0 Å². The molecule has 1 aliphatic carbocycles. The number of rotatable bonds is 8. The first-order chi connectivity index (χ1) is 15.4. The van der Waals surface area contributed by atoms with E-state index in [1.807, 2.05) is 24.3 Å². The first-order valence-corrected chi connectivity index (χ1v) is 10.7. The van der Waals surface area contributed by atoms with E-state index in [9.17, 15) is 9.59 Å². The summed E-state index contributed by atoms with van der Waals surface area (Å²) in [5.74, 6) is 0.326. The van der Waals surface area contributed by atoms with Gasteiger partial charge in [0.1, 0.15) is 5.02 Å². The van der Waals surface area contributed by atoms with Crippen molar-refractivity contribution in [2.45, 2.75) is 31.7 Å². The molecule has 3 N–H and O–H groups in total. The monoisotopic (exact) mass is 458 g/mol. The van der Waals surface area contributed by atoms with Gasteiger partial charge < -0.3 is 15.5 Å². The number of hydrogen-bond donors (Lipinski definition) is 3. The Labute approximate surface area is 192 Å². The van der Waals surface area contributed by atoms with Crippen LogP contribution in [0.5, 0.6) is 0 Å². The largest absolute Gasteiger partial charge is 0.351 e. The first-order valence-electron chi connectivity index (χ1n) is 10.3. The topological polar surface area (TPSA) is 108 Å². The smallest absolute Gasteiger partial charge is 0.250 e. The molecule has 0 spiro atoms. The lowest BCUT2D eigenvalue weighted by Crippen LogP contribution is -2.37. The van der Waals surface area contributed by atoms with Crippen LogP contribution in [0.2, 0.25) is 5.02 Å². The zero-order chi connectivity index (χ0) is 23.1. The number of anilines is 4. The third-order valence-electron chi connectivity index (χ3n) is 5.35. The molecule has 2 atom stereocenters. The lowest BCUT2D eigenvalue weighted by Gasteiger charge is -2.28. The van der Waals surface area contributed by atoms with Gasteiger partial charge in [0.25, 0.3) is 0 Å². The second kappa shape index (κ2) is 10.9. The van der Waals surface area contributed by atoms with Crippen LogP contribution in [0.4, 0.5) is 23.1 Å². The van der Waals surface area contributed by atoms with Gasteiger partial charge in [0.05, 0.1) is 24.7 Å². The number of likely N-dealkylation sites (N-methyl/N-ethyl adjacent to an activating group) is 1. The lowest BCUT2D eigenvalue weighted by atomic mass is 9.85. The average molecular weight is 459 g/mol. The Hall–Kier alpha value is -3.17. The average Bonchev–Trinajstić information content (AvgIpc) is 2.81. The normalized spacial score (nSPS) is 17.8. The Kier molecular flexibility index (Phi) is 8.02. The molecular formula is C22H27ClN6O3. The van der Waals surface area contributed by atoms with Crippen LogP contribution in [-0.2, 0) is 14.4 Å². The van der Waals surface area contributed by atoms with Crippen molar-refractivity contribution in [3.8, 4) is 0 Å². The number of hydrogen-bond acceptors (Lipinski definition) is 7. The minimum absolute atomic E-state index is 0.0500. The SMILES string of the molecule is C=CC(=O)N(C)c1ccccc1Nc1nc(N[C@H]2CCC[C@@H](C(=O)NOC)C2)ncc1Cl. The summed E-state index contributed by atoms with van der Waals surface area (Å²) in [7, 11) is 3.09. The maximum Gasteiger partial charge on any atom is 0.250 e. The molecule has 0 aliphatic heterocycles. The highest BCUT2D eigenvalue weighted by Crippen LogP contribution is 2.31. The standard InChI is InChI=1S/C22H27ClN6O3/c1-4-19(30)29(2)18-11-6-5-10-17(18)26-20-16(23)13-24-22(27-20)25-15-9-7-8-14(12-15)21(31)28-32-3/h4-6,10-11,13-15H,1,7-9,12H2,2-3H3,(H,28,31)(H2,24,25,26,27)/t14-,15+/m1/s1. The number of carbonyl (C=O) groups is 2. The predicted molar refractivity (Wildman–Crippen MR) is 125 cm³/mol. The van der Waals surface area contributed by atoms with Gasteiger partial charge >= 0.3 is 0 Å². The Morgan fingerprint density at radius 1 is 1.31 bits per heavy atom. The molecule has 1 heterocycles. The Balaban J connectivity index is 1.75. The number of nitrogens with zero attached hydrogens (tertiary/aromatic N) is 3. The summed E-state index contributed by atoms with van der Waals surface area (Å²) >= 11 is 6.33. The van der Waals surface area contributed by atoms with E-state index in [4.69, 9.17) is 16.4 Å². The number of hydroxylamine groups is 1. The van der Waals surface area contributed by atoms with E-state index >= 15 is 0 Å². The predicted octanol–water partition coefficient (Wildman–Crippen LogP) is 3.67. The molecule has 2 aromatic rings. The van der Waals surface area contributed by atoms with Crippen LogP contribution < -0.4 is 21.0 Å². The van der Waals surface area contributed by atoms with Crippen molar-refractivity contribution >= 4 is 46.6 Å². The zero-order valence-corrected chi connectivity index (χ0v) is 18.9. The number of nitrogens with one attached hydrogen (secondary N) is 3. The molecule has 0 saturated heterocycles. The zero-order valence-electron chi connectivity index (χ0n) is 18.1. The minimum atomic E-state index is -0.236. The van der Waals surface area contributed by atoms with Crippen LogP contribution in [0, 0.1) is 5.92 Å². The molecule has 1 aliphatic rings. The summed E-state index contributed by atoms with van der Waals surface area (Å²) in [5, 5.41) is 6.83. The number of benzene rings is 1. The summed E-state index contributed by atoms with van der Waals surface area (Å²) < 4.78 is 0. The fraction of sp³-hybridized carbons (Fsp3) is 0.364. The van der Waals surface area contributed by atoms with E-state index in [-0.39, 0.29) is 23.8 Å². The summed E-state index contributed by atoms with van der Waals surface area (Å²) in [6.07, 6.45) is 6.05. The second-order valence-corrected chi connectivity index (χ2v) is 7.92. The molecule has 10 heteroatoms. The fourth-order valence-corrected chi connectivity index (χ4v) is 3.84. The van der Waals surface area contributed by atoms with Crippen LogP contribution in [0.1, 0.15) is 25.7 Å². The van der Waals surface area contributed by atoms with Crippen LogP contribution in [0.15, 0.2) is 43.1 Å². The van der Waals surface area contributed by atoms with Gasteiger partial charge in [-0.3, -0.25) is 14.4 Å².